The van der Waals surface area contributed by atoms with Crippen molar-refractivity contribution in [1.82, 2.24) is 0 Å². The van der Waals surface area contributed by atoms with E-state index in [1.807, 2.05) is 49.4 Å². The number of benzene rings is 3. The van der Waals surface area contributed by atoms with Crippen molar-refractivity contribution in [2.45, 2.75) is 11.8 Å². The molecule has 0 saturated carbocycles. The van der Waals surface area contributed by atoms with Gasteiger partial charge in [0.25, 0.3) is 0 Å². The Bertz CT molecular complexity index is 974. The fourth-order valence-electron chi connectivity index (χ4n) is 2.67. The number of hydrogen-bond acceptors (Lipinski definition) is 6. The highest BCUT2D eigenvalue weighted by Crippen LogP contribution is 2.30. The van der Waals surface area contributed by atoms with Crippen molar-refractivity contribution >= 4 is 23.6 Å². The molecule has 0 spiro atoms. The highest BCUT2D eigenvalue weighted by atomic mass is 32.2. The fourth-order valence-corrected chi connectivity index (χ4v) is 3.36. The number of aromatic hydroxyl groups is 1. The molecule has 144 valence electrons. The first-order valence-electron chi connectivity index (χ1n) is 8.78. The van der Waals surface area contributed by atoms with Gasteiger partial charge in [-0.2, -0.15) is 0 Å². The Morgan fingerprint density at radius 2 is 1.79 bits per heavy atom. The second-order valence-corrected chi connectivity index (χ2v) is 6.80. The van der Waals surface area contributed by atoms with E-state index in [2.05, 4.69) is 15.5 Å². The predicted molar refractivity (Wildman–Crippen MR) is 112 cm³/mol. The Hall–Kier alpha value is -3.12. The lowest BCUT2D eigenvalue weighted by atomic mass is 10.1. The zero-order chi connectivity index (χ0) is 19.9. The van der Waals surface area contributed by atoms with Gasteiger partial charge < -0.3 is 19.3 Å². The molecule has 0 unspecified atom stereocenters. The molecular formula is C22H21NO4S. The summed E-state index contributed by atoms with van der Waals surface area (Å²) in [5.74, 6) is 0.148. The van der Waals surface area contributed by atoms with Crippen molar-refractivity contribution in [1.29, 1.82) is 0 Å². The number of methoxy groups -OCH3 is 1. The molecule has 3 rings (SSSR count). The number of ether oxygens (including phenoxy) is 2. The van der Waals surface area contributed by atoms with Crippen LogP contribution < -0.4 is 9.46 Å². The molecule has 0 amide bonds. The summed E-state index contributed by atoms with van der Waals surface area (Å²) < 4.78 is 13.4. The van der Waals surface area contributed by atoms with Crippen molar-refractivity contribution < 1.29 is 19.4 Å². The molecule has 0 atom stereocenters. The molecule has 3 aromatic rings. The number of anilines is 1. The minimum Gasteiger partial charge on any atom is -0.507 e. The second kappa shape index (κ2) is 9.19. The number of esters is 1. The molecule has 28 heavy (non-hydrogen) atoms. The van der Waals surface area contributed by atoms with Crippen LogP contribution in [0.3, 0.4) is 0 Å². The van der Waals surface area contributed by atoms with Gasteiger partial charge in [-0.25, -0.2) is 4.79 Å². The summed E-state index contributed by atoms with van der Waals surface area (Å²) in [6, 6.07) is 20.8. The number of phenols is 1. The third-order valence-corrected chi connectivity index (χ3v) is 4.83. The number of phenolic OH excluding ortho intramolecular Hbond substituents is 1. The van der Waals surface area contributed by atoms with E-state index in [0.29, 0.717) is 12.3 Å². The van der Waals surface area contributed by atoms with Gasteiger partial charge in [0.15, 0.2) is 0 Å². The summed E-state index contributed by atoms with van der Waals surface area (Å²) in [5, 5.41) is 9.99. The maximum absolute atomic E-state index is 11.5. The van der Waals surface area contributed by atoms with Gasteiger partial charge >= 0.3 is 5.97 Å². The number of rotatable bonds is 7. The first-order valence-corrected chi connectivity index (χ1v) is 9.60. The average Bonchev–Trinajstić information content (AvgIpc) is 2.72. The van der Waals surface area contributed by atoms with Gasteiger partial charge in [0.2, 0.25) is 0 Å². The van der Waals surface area contributed by atoms with Gasteiger partial charge in [0.1, 0.15) is 17.1 Å². The van der Waals surface area contributed by atoms with Crippen molar-refractivity contribution in [2.75, 3.05) is 18.4 Å². The van der Waals surface area contributed by atoms with Crippen LogP contribution in [0.4, 0.5) is 5.69 Å². The predicted octanol–water partition coefficient (Wildman–Crippen LogP) is 5.36. The molecular weight excluding hydrogens is 374 g/mol. The number of carbonyl (C=O) groups excluding carboxylic acids is 1. The molecule has 3 aromatic carbocycles. The van der Waals surface area contributed by atoms with Gasteiger partial charge in [0, 0.05) is 16.6 Å². The summed E-state index contributed by atoms with van der Waals surface area (Å²) in [7, 11) is 1.28. The van der Waals surface area contributed by atoms with Crippen LogP contribution in [-0.2, 0) is 4.74 Å². The van der Waals surface area contributed by atoms with Crippen molar-refractivity contribution in [3.8, 4) is 22.6 Å². The van der Waals surface area contributed by atoms with Gasteiger partial charge in [-0.1, -0.05) is 24.3 Å². The molecule has 0 aromatic heterocycles. The van der Waals surface area contributed by atoms with Crippen LogP contribution in [0.25, 0.3) is 11.1 Å². The average molecular weight is 395 g/mol. The Kier molecular flexibility index (Phi) is 6.45. The maximum Gasteiger partial charge on any atom is 0.341 e. The Morgan fingerprint density at radius 3 is 2.50 bits per heavy atom. The highest BCUT2D eigenvalue weighted by Gasteiger charge is 2.11. The van der Waals surface area contributed by atoms with Crippen LogP contribution >= 0.6 is 11.9 Å². The number of hydrogen-bond donors (Lipinski definition) is 2. The normalized spacial score (nSPS) is 10.4. The fraction of sp³-hybridized carbons (Fsp3) is 0.136. The van der Waals surface area contributed by atoms with E-state index in [0.717, 1.165) is 21.8 Å². The number of nitrogens with one attached hydrogen (secondary N) is 1. The third-order valence-electron chi connectivity index (χ3n) is 4.00. The lowest BCUT2D eigenvalue weighted by molar-refractivity contribution is 0.0597. The standard InChI is InChI=1S/C22H21NO4S/c1-3-27-18-8-4-6-15(12-18)16-7-5-9-19(13-16)28-23-17-10-11-20(21(24)14-17)22(25)26-2/h4-14,23-24H,3H2,1-2H3. The molecule has 0 heterocycles. The minimum atomic E-state index is -0.571. The minimum absolute atomic E-state index is 0.126. The smallest absolute Gasteiger partial charge is 0.341 e. The van der Waals surface area contributed by atoms with E-state index in [9.17, 15) is 9.90 Å². The quantitative estimate of drug-likeness (QED) is 0.414. The monoisotopic (exact) mass is 395 g/mol. The first kappa shape index (κ1) is 19.6. The topological polar surface area (TPSA) is 67.8 Å². The largest absolute Gasteiger partial charge is 0.507 e. The SMILES string of the molecule is CCOc1cccc(-c2cccc(SNc3ccc(C(=O)OC)c(O)c3)c2)c1. The highest BCUT2D eigenvalue weighted by molar-refractivity contribution is 8.00. The van der Waals surface area contributed by atoms with E-state index >= 15 is 0 Å². The van der Waals surface area contributed by atoms with Gasteiger partial charge in [-0.15, -0.1) is 0 Å². The zero-order valence-electron chi connectivity index (χ0n) is 15.6. The van der Waals surface area contributed by atoms with Crippen LogP contribution in [0.5, 0.6) is 11.5 Å². The molecule has 0 fully saturated rings. The maximum atomic E-state index is 11.5. The molecule has 0 aliphatic carbocycles. The molecule has 0 radical (unpaired) electrons. The second-order valence-electron chi connectivity index (χ2n) is 5.92. The van der Waals surface area contributed by atoms with Gasteiger partial charge in [0.05, 0.1) is 13.7 Å². The summed E-state index contributed by atoms with van der Waals surface area (Å²) in [6.45, 7) is 2.59. The molecule has 0 bridgehead atoms. The van der Waals surface area contributed by atoms with E-state index in [1.165, 1.54) is 31.2 Å². The van der Waals surface area contributed by atoms with E-state index in [4.69, 9.17) is 4.74 Å². The lowest BCUT2D eigenvalue weighted by Crippen LogP contribution is -2.01. The Labute approximate surface area is 168 Å². The summed E-state index contributed by atoms with van der Waals surface area (Å²) >= 11 is 1.42. The van der Waals surface area contributed by atoms with Crippen molar-refractivity contribution in [3.05, 3.63) is 72.3 Å². The van der Waals surface area contributed by atoms with Crippen LogP contribution in [0.1, 0.15) is 17.3 Å². The lowest BCUT2D eigenvalue weighted by Gasteiger charge is -2.10. The van der Waals surface area contributed by atoms with E-state index in [-0.39, 0.29) is 11.3 Å². The molecule has 0 saturated heterocycles. The third kappa shape index (κ3) is 4.78. The van der Waals surface area contributed by atoms with Crippen LogP contribution in [0, 0.1) is 0 Å². The van der Waals surface area contributed by atoms with E-state index in [1.54, 1.807) is 6.07 Å². The van der Waals surface area contributed by atoms with Crippen molar-refractivity contribution in [3.63, 3.8) is 0 Å². The first-order chi connectivity index (χ1) is 13.6. The Balaban J connectivity index is 1.72. The molecule has 5 nitrogen and oxygen atoms in total. The number of carbonyl (C=O) groups is 1. The van der Waals surface area contributed by atoms with E-state index < -0.39 is 5.97 Å². The summed E-state index contributed by atoms with van der Waals surface area (Å²) in [6.07, 6.45) is 0. The molecule has 0 aliphatic rings. The Morgan fingerprint density at radius 1 is 1.04 bits per heavy atom. The summed E-state index contributed by atoms with van der Waals surface area (Å²) in [5.41, 5.74) is 2.97. The van der Waals surface area contributed by atoms with Crippen LogP contribution in [0.15, 0.2) is 71.6 Å². The molecule has 6 heteroatoms. The molecule has 0 aliphatic heterocycles. The van der Waals surface area contributed by atoms with Crippen molar-refractivity contribution in [2.24, 2.45) is 0 Å². The zero-order valence-corrected chi connectivity index (χ0v) is 16.5. The van der Waals surface area contributed by atoms with Crippen LogP contribution in [-0.4, -0.2) is 24.8 Å². The molecule has 2 N–H and O–H groups in total. The van der Waals surface area contributed by atoms with Crippen LogP contribution in [0.2, 0.25) is 0 Å². The van der Waals surface area contributed by atoms with Gasteiger partial charge in [-0.05, 0) is 66.4 Å². The van der Waals surface area contributed by atoms with Gasteiger partial charge in [-0.3, -0.25) is 0 Å². The summed E-state index contributed by atoms with van der Waals surface area (Å²) in [4.78, 5) is 12.6.